The normalized spacial score (nSPS) is 22.6. The monoisotopic (exact) mass is 298 g/mol. The molecule has 0 radical (unpaired) electrons. The molecule has 2 rings (SSSR count). The molecule has 0 unspecified atom stereocenters. The van der Waals surface area contributed by atoms with Crippen LogP contribution in [0, 0.1) is 0 Å². The first-order chi connectivity index (χ1) is 9.37. The fourth-order valence-electron chi connectivity index (χ4n) is 2.13. The van der Waals surface area contributed by atoms with E-state index in [0.717, 1.165) is 24.8 Å². The molecule has 114 valence electrons. The molecule has 0 bridgehead atoms. The van der Waals surface area contributed by atoms with Crippen molar-refractivity contribution < 1.29 is 4.79 Å². The van der Waals surface area contributed by atoms with Crippen LogP contribution in [0.5, 0.6) is 0 Å². The van der Waals surface area contributed by atoms with Gasteiger partial charge in [-0.1, -0.05) is 0 Å². The lowest BCUT2D eigenvalue weighted by atomic mass is 10.2. The number of thioether (sulfide) groups is 1. The van der Waals surface area contributed by atoms with Crippen molar-refractivity contribution in [2.24, 2.45) is 4.99 Å². The van der Waals surface area contributed by atoms with E-state index in [0.29, 0.717) is 6.04 Å². The molecule has 1 aliphatic heterocycles. The van der Waals surface area contributed by atoms with Crippen molar-refractivity contribution in [1.82, 2.24) is 15.1 Å². The topological polar surface area (TPSA) is 47.9 Å². The van der Waals surface area contributed by atoms with Crippen molar-refractivity contribution in [2.45, 2.75) is 37.5 Å². The van der Waals surface area contributed by atoms with Gasteiger partial charge in [0.2, 0.25) is 5.91 Å². The third kappa shape index (κ3) is 4.58. The van der Waals surface area contributed by atoms with Crippen molar-refractivity contribution >= 4 is 23.6 Å². The Morgan fingerprint density at radius 2 is 2.15 bits per heavy atom. The first-order valence-corrected chi connectivity index (χ1v) is 8.26. The molecular weight excluding hydrogens is 272 g/mol. The highest BCUT2D eigenvalue weighted by molar-refractivity contribution is 8.00. The van der Waals surface area contributed by atoms with E-state index in [1.54, 1.807) is 19.0 Å². The molecule has 0 spiro atoms. The number of hydrogen-bond acceptors (Lipinski definition) is 3. The molecule has 20 heavy (non-hydrogen) atoms. The van der Waals surface area contributed by atoms with Crippen molar-refractivity contribution in [3.63, 3.8) is 0 Å². The smallest absolute Gasteiger partial charge is 0.243 e. The van der Waals surface area contributed by atoms with Crippen LogP contribution >= 0.6 is 11.8 Å². The van der Waals surface area contributed by atoms with Crippen LogP contribution in [-0.4, -0.2) is 71.9 Å². The van der Waals surface area contributed by atoms with Crippen molar-refractivity contribution in [1.29, 1.82) is 0 Å². The highest BCUT2D eigenvalue weighted by Crippen LogP contribution is 2.30. The van der Waals surface area contributed by atoms with E-state index in [4.69, 9.17) is 0 Å². The van der Waals surface area contributed by atoms with E-state index in [1.807, 2.05) is 11.8 Å². The summed E-state index contributed by atoms with van der Waals surface area (Å²) in [7, 11) is 3.54. The summed E-state index contributed by atoms with van der Waals surface area (Å²) in [6.45, 7) is 6.74. The van der Waals surface area contributed by atoms with Gasteiger partial charge in [-0.3, -0.25) is 4.79 Å². The molecule has 1 heterocycles. The highest BCUT2D eigenvalue weighted by Gasteiger charge is 2.31. The molecule has 2 aliphatic rings. The average molecular weight is 298 g/mol. The van der Waals surface area contributed by atoms with Gasteiger partial charge in [-0.15, -0.1) is 0 Å². The Morgan fingerprint density at radius 3 is 2.70 bits per heavy atom. The van der Waals surface area contributed by atoms with Gasteiger partial charge in [0.15, 0.2) is 5.96 Å². The SMILES string of the molecule is CN(C)C(=O)CN=C(NC1CC1)N1CCSC(C)(C)C1. The second-order valence-corrected chi connectivity index (χ2v) is 8.18. The maximum atomic E-state index is 11.7. The lowest BCUT2D eigenvalue weighted by Crippen LogP contribution is -2.51. The molecule has 1 N–H and O–H groups in total. The van der Waals surface area contributed by atoms with E-state index in [9.17, 15) is 4.79 Å². The lowest BCUT2D eigenvalue weighted by Gasteiger charge is -2.39. The summed E-state index contributed by atoms with van der Waals surface area (Å²) in [4.78, 5) is 20.2. The van der Waals surface area contributed by atoms with Gasteiger partial charge in [0.25, 0.3) is 0 Å². The van der Waals surface area contributed by atoms with E-state index < -0.39 is 0 Å². The number of carbonyl (C=O) groups is 1. The molecule has 1 amide bonds. The zero-order valence-electron chi connectivity index (χ0n) is 13.0. The van der Waals surface area contributed by atoms with Crippen LogP contribution < -0.4 is 5.32 Å². The predicted octanol–water partition coefficient (Wildman–Crippen LogP) is 1.01. The number of nitrogens with zero attached hydrogens (tertiary/aromatic N) is 3. The Hall–Kier alpha value is -0.910. The van der Waals surface area contributed by atoms with Crippen LogP contribution in [0.2, 0.25) is 0 Å². The third-order valence-corrected chi connectivity index (χ3v) is 4.80. The molecule has 6 heteroatoms. The van der Waals surface area contributed by atoms with Gasteiger partial charge in [0, 0.05) is 43.7 Å². The Morgan fingerprint density at radius 1 is 1.45 bits per heavy atom. The van der Waals surface area contributed by atoms with Crippen LogP contribution in [0.3, 0.4) is 0 Å². The number of nitrogens with one attached hydrogen (secondary N) is 1. The Bertz CT molecular complexity index is 391. The first-order valence-electron chi connectivity index (χ1n) is 7.27. The van der Waals surface area contributed by atoms with Crippen LogP contribution in [0.1, 0.15) is 26.7 Å². The average Bonchev–Trinajstić information content (AvgIpc) is 3.16. The second-order valence-electron chi connectivity index (χ2n) is 6.38. The van der Waals surface area contributed by atoms with Gasteiger partial charge in [0.1, 0.15) is 6.54 Å². The first kappa shape index (κ1) is 15.5. The largest absolute Gasteiger partial charge is 0.353 e. The number of rotatable bonds is 3. The Balaban J connectivity index is 2.02. The standard InChI is InChI=1S/C14H26N4OS/c1-14(2)10-18(7-8-20-14)13(16-11-5-6-11)15-9-12(19)17(3)4/h11H,5-10H2,1-4H3,(H,15,16). The molecule has 0 aromatic carbocycles. The minimum Gasteiger partial charge on any atom is -0.353 e. The predicted molar refractivity (Wildman–Crippen MR) is 85.3 cm³/mol. The van der Waals surface area contributed by atoms with E-state index >= 15 is 0 Å². The number of likely N-dealkylation sites (N-methyl/N-ethyl adjacent to an activating group) is 1. The van der Waals surface area contributed by atoms with Crippen molar-refractivity contribution in [3.8, 4) is 0 Å². The minimum atomic E-state index is 0.0470. The summed E-state index contributed by atoms with van der Waals surface area (Å²) < 4.78 is 0.246. The van der Waals surface area contributed by atoms with Gasteiger partial charge >= 0.3 is 0 Å². The molecule has 1 aliphatic carbocycles. The van der Waals surface area contributed by atoms with Gasteiger partial charge < -0.3 is 15.1 Å². The summed E-state index contributed by atoms with van der Waals surface area (Å²) in [5.41, 5.74) is 0. The van der Waals surface area contributed by atoms with Crippen molar-refractivity contribution in [3.05, 3.63) is 0 Å². The fraction of sp³-hybridized carbons (Fsp3) is 0.857. The van der Waals surface area contributed by atoms with Gasteiger partial charge in [-0.05, 0) is 26.7 Å². The number of carbonyl (C=O) groups excluding carboxylic acids is 1. The van der Waals surface area contributed by atoms with Gasteiger partial charge in [0.05, 0.1) is 0 Å². The number of guanidine groups is 1. The Kier molecular flexibility index (Phi) is 4.83. The van der Waals surface area contributed by atoms with E-state index in [2.05, 4.69) is 29.1 Å². The zero-order valence-corrected chi connectivity index (χ0v) is 13.8. The van der Waals surface area contributed by atoms with E-state index in [1.165, 1.54) is 12.8 Å². The summed E-state index contributed by atoms with van der Waals surface area (Å²) in [5, 5.41) is 3.49. The summed E-state index contributed by atoms with van der Waals surface area (Å²) in [6.07, 6.45) is 2.43. The summed E-state index contributed by atoms with van der Waals surface area (Å²) in [6, 6.07) is 0.556. The number of aliphatic imine (C=N–C) groups is 1. The zero-order chi connectivity index (χ0) is 14.8. The summed E-state index contributed by atoms with van der Waals surface area (Å²) >= 11 is 2.01. The van der Waals surface area contributed by atoms with Crippen LogP contribution in [0.4, 0.5) is 0 Å². The van der Waals surface area contributed by atoms with Gasteiger partial charge in [-0.25, -0.2) is 4.99 Å². The lowest BCUT2D eigenvalue weighted by molar-refractivity contribution is -0.127. The van der Waals surface area contributed by atoms with Crippen LogP contribution in [0.15, 0.2) is 4.99 Å². The van der Waals surface area contributed by atoms with Gasteiger partial charge in [-0.2, -0.15) is 11.8 Å². The van der Waals surface area contributed by atoms with Crippen LogP contribution in [0.25, 0.3) is 0 Å². The molecule has 0 aromatic heterocycles. The molecule has 1 saturated heterocycles. The van der Waals surface area contributed by atoms with Crippen LogP contribution in [-0.2, 0) is 4.79 Å². The minimum absolute atomic E-state index is 0.0470. The Labute approximate surface area is 126 Å². The molecular formula is C14H26N4OS. The third-order valence-electron chi connectivity index (χ3n) is 3.50. The summed E-state index contributed by atoms with van der Waals surface area (Å²) in [5.74, 6) is 2.07. The molecule has 0 aromatic rings. The maximum Gasteiger partial charge on any atom is 0.243 e. The fourth-order valence-corrected chi connectivity index (χ4v) is 3.24. The quantitative estimate of drug-likeness (QED) is 0.624. The second kappa shape index (κ2) is 6.24. The molecule has 5 nitrogen and oxygen atoms in total. The maximum absolute atomic E-state index is 11.7. The number of amides is 1. The molecule has 0 atom stereocenters. The highest BCUT2D eigenvalue weighted by atomic mass is 32.2. The van der Waals surface area contributed by atoms with Crippen molar-refractivity contribution in [2.75, 3.05) is 39.5 Å². The molecule has 1 saturated carbocycles. The number of hydrogen-bond donors (Lipinski definition) is 1. The van der Waals surface area contributed by atoms with E-state index in [-0.39, 0.29) is 17.2 Å². The molecule has 2 fully saturated rings.